The molecular weight excluding hydrogens is 164 g/mol. The molecular formula is C10H16N2O. The van der Waals surface area contributed by atoms with Crippen LogP contribution in [0.5, 0.6) is 0 Å². The van der Waals surface area contributed by atoms with Crippen molar-refractivity contribution < 1.29 is 0 Å². The first-order chi connectivity index (χ1) is 6.13. The SMILES string of the molecule is CCCC(C)c1nc(C)cc(=O)[nH]1. The highest BCUT2D eigenvalue weighted by molar-refractivity contribution is 5.03. The minimum absolute atomic E-state index is 0.0505. The summed E-state index contributed by atoms with van der Waals surface area (Å²) in [6.07, 6.45) is 2.17. The Hall–Kier alpha value is -1.12. The van der Waals surface area contributed by atoms with Crippen LogP contribution < -0.4 is 5.56 Å². The first kappa shape index (κ1) is 9.96. The van der Waals surface area contributed by atoms with E-state index >= 15 is 0 Å². The van der Waals surface area contributed by atoms with Gasteiger partial charge in [0.05, 0.1) is 0 Å². The fourth-order valence-electron chi connectivity index (χ4n) is 1.41. The number of nitrogens with one attached hydrogen (secondary N) is 1. The standard InChI is InChI=1S/C10H16N2O/c1-4-5-7(2)10-11-8(3)6-9(13)12-10/h6-7H,4-5H2,1-3H3,(H,11,12,13). The Labute approximate surface area is 78.2 Å². The van der Waals surface area contributed by atoms with E-state index in [2.05, 4.69) is 23.8 Å². The third-order valence-electron chi connectivity index (χ3n) is 2.08. The van der Waals surface area contributed by atoms with Crippen LogP contribution in [-0.2, 0) is 0 Å². The van der Waals surface area contributed by atoms with Crippen molar-refractivity contribution in [2.24, 2.45) is 0 Å². The summed E-state index contributed by atoms with van der Waals surface area (Å²) in [6, 6.07) is 1.52. The van der Waals surface area contributed by atoms with E-state index < -0.39 is 0 Å². The van der Waals surface area contributed by atoms with Crippen LogP contribution in [0.4, 0.5) is 0 Å². The van der Waals surface area contributed by atoms with Gasteiger partial charge in [-0.05, 0) is 13.3 Å². The average molecular weight is 180 g/mol. The van der Waals surface area contributed by atoms with Crippen molar-refractivity contribution in [3.63, 3.8) is 0 Å². The molecule has 0 spiro atoms. The van der Waals surface area contributed by atoms with Crippen molar-refractivity contribution in [3.05, 3.63) is 27.9 Å². The molecule has 1 rings (SSSR count). The lowest BCUT2D eigenvalue weighted by Gasteiger charge is -2.08. The van der Waals surface area contributed by atoms with Crippen LogP contribution in [0.2, 0.25) is 0 Å². The summed E-state index contributed by atoms with van der Waals surface area (Å²) in [5.41, 5.74) is 0.743. The molecule has 1 atom stereocenters. The summed E-state index contributed by atoms with van der Waals surface area (Å²) in [6.45, 7) is 6.06. The van der Waals surface area contributed by atoms with Gasteiger partial charge in [0.15, 0.2) is 0 Å². The molecule has 0 aliphatic rings. The number of H-pyrrole nitrogens is 1. The summed E-state index contributed by atoms with van der Waals surface area (Å²) in [7, 11) is 0. The zero-order chi connectivity index (χ0) is 9.84. The van der Waals surface area contributed by atoms with E-state index in [1.54, 1.807) is 0 Å². The van der Waals surface area contributed by atoms with Crippen molar-refractivity contribution in [1.82, 2.24) is 9.97 Å². The molecule has 72 valence electrons. The summed E-state index contributed by atoms with van der Waals surface area (Å²) in [4.78, 5) is 18.2. The molecule has 0 amide bonds. The van der Waals surface area contributed by atoms with Crippen molar-refractivity contribution >= 4 is 0 Å². The number of aromatic amines is 1. The monoisotopic (exact) mass is 180 g/mol. The van der Waals surface area contributed by atoms with Gasteiger partial charge in [-0.25, -0.2) is 4.98 Å². The first-order valence-corrected chi connectivity index (χ1v) is 4.71. The lowest BCUT2D eigenvalue weighted by Crippen LogP contribution is -2.13. The number of aryl methyl sites for hydroxylation is 1. The zero-order valence-corrected chi connectivity index (χ0v) is 8.42. The maximum absolute atomic E-state index is 11.1. The quantitative estimate of drug-likeness (QED) is 0.773. The number of hydrogen-bond donors (Lipinski definition) is 1. The third kappa shape index (κ3) is 2.68. The molecule has 1 heterocycles. The van der Waals surface area contributed by atoms with E-state index in [1.807, 2.05) is 6.92 Å². The Kier molecular flexibility index (Phi) is 3.23. The lowest BCUT2D eigenvalue weighted by molar-refractivity contribution is 0.621. The van der Waals surface area contributed by atoms with Gasteiger partial charge in [0, 0.05) is 17.7 Å². The molecule has 0 radical (unpaired) electrons. The van der Waals surface area contributed by atoms with E-state index in [4.69, 9.17) is 0 Å². The summed E-state index contributed by atoms with van der Waals surface area (Å²) < 4.78 is 0. The highest BCUT2D eigenvalue weighted by atomic mass is 16.1. The van der Waals surface area contributed by atoms with E-state index in [9.17, 15) is 4.79 Å². The highest BCUT2D eigenvalue weighted by Gasteiger charge is 2.06. The smallest absolute Gasteiger partial charge is 0.251 e. The summed E-state index contributed by atoms with van der Waals surface area (Å²) >= 11 is 0. The number of nitrogens with zero attached hydrogens (tertiary/aromatic N) is 1. The molecule has 1 aromatic heterocycles. The molecule has 3 nitrogen and oxygen atoms in total. The maximum atomic E-state index is 11.1. The molecule has 1 aromatic rings. The molecule has 0 saturated heterocycles. The van der Waals surface area contributed by atoms with Gasteiger partial charge in [-0.1, -0.05) is 20.3 Å². The molecule has 0 fully saturated rings. The molecule has 0 aliphatic heterocycles. The Morgan fingerprint density at radius 2 is 2.31 bits per heavy atom. The average Bonchev–Trinajstić information content (AvgIpc) is 2.03. The van der Waals surface area contributed by atoms with Gasteiger partial charge >= 0.3 is 0 Å². The topological polar surface area (TPSA) is 45.8 Å². The van der Waals surface area contributed by atoms with Crippen LogP contribution in [0.3, 0.4) is 0 Å². The van der Waals surface area contributed by atoms with Gasteiger partial charge in [0.2, 0.25) is 0 Å². The van der Waals surface area contributed by atoms with Crippen LogP contribution in [-0.4, -0.2) is 9.97 Å². The lowest BCUT2D eigenvalue weighted by atomic mass is 10.1. The van der Waals surface area contributed by atoms with Gasteiger partial charge in [-0.15, -0.1) is 0 Å². The molecule has 13 heavy (non-hydrogen) atoms. The Morgan fingerprint density at radius 3 is 2.85 bits per heavy atom. The number of aromatic nitrogens is 2. The van der Waals surface area contributed by atoms with Crippen molar-refractivity contribution in [1.29, 1.82) is 0 Å². The molecule has 0 aromatic carbocycles. The van der Waals surface area contributed by atoms with E-state index in [1.165, 1.54) is 6.07 Å². The second-order valence-corrected chi connectivity index (χ2v) is 3.46. The second-order valence-electron chi connectivity index (χ2n) is 3.46. The van der Waals surface area contributed by atoms with Gasteiger partial charge in [-0.2, -0.15) is 0 Å². The van der Waals surface area contributed by atoms with Crippen LogP contribution >= 0.6 is 0 Å². The van der Waals surface area contributed by atoms with Crippen molar-refractivity contribution in [2.75, 3.05) is 0 Å². The van der Waals surface area contributed by atoms with Gasteiger partial charge in [-0.3, -0.25) is 4.79 Å². The fraction of sp³-hybridized carbons (Fsp3) is 0.600. The molecule has 3 heteroatoms. The molecule has 1 unspecified atom stereocenters. The van der Waals surface area contributed by atoms with Gasteiger partial charge < -0.3 is 4.98 Å². The van der Waals surface area contributed by atoms with Gasteiger partial charge in [0.25, 0.3) is 5.56 Å². The van der Waals surface area contributed by atoms with Crippen LogP contribution in [0.25, 0.3) is 0 Å². The van der Waals surface area contributed by atoms with E-state index in [0.717, 1.165) is 24.4 Å². The number of hydrogen-bond acceptors (Lipinski definition) is 2. The molecule has 0 saturated carbocycles. The normalized spacial score (nSPS) is 12.8. The Morgan fingerprint density at radius 1 is 1.62 bits per heavy atom. The minimum atomic E-state index is -0.0505. The largest absolute Gasteiger partial charge is 0.310 e. The molecule has 0 bridgehead atoms. The van der Waals surface area contributed by atoms with Crippen LogP contribution in [0.1, 0.15) is 44.1 Å². The predicted molar refractivity (Wildman–Crippen MR) is 52.9 cm³/mol. The minimum Gasteiger partial charge on any atom is -0.310 e. The first-order valence-electron chi connectivity index (χ1n) is 4.71. The van der Waals surface area contributed by atoms with Crippen LogP contribution in [0.15, 0.2) is 10.9 Å². The second kappa shape index (κ2) is 4.21. The summed E-state index contributed by atoms with van der Waals surface area (Å²) in [5, 5.41) is 0. The summed E-state index contributed by atoms with van der Waals surface area (Å²) in [5.74, 6) is 1.16. The third-order valence-corrected chi connectivity index (χ3v) is 2.08. The zero-order valence-electron chi connectivity index (χ0n) is 8.42. The van der Waals surface area contributed by atoms with E-state index in [0.29, 0.717) is 5.92 Å². The van der Waals surface area contributed by atoms with E-state index in [-0.39, 0.29) is 5.56 Å². The Balaban J connectivity index is 2.94. The maximum Gasteiger partial charge on any atom is 0.251 e. The molecule has 0 aliphatic carbocycles. The Bertz CT molecular complexity index is 330. The van der Waals surface area contributed by atoms with Crippen molar-refractivity contribution in [2.45, 2.75) is 39.5 Å². The van der Waals surface area contributed by atoms with Crippen LogP contribution in [0, 0.1) is 6.92 Å². The predicted octanol–water partition coefficient (Wildman–Crippen LogP) is 1.98. The van der Waals surface area contributed by atoms with Gasteiger partial charge in [0.1, 0.15) is 5.82 Å². The highest BCUT2D eigenvalue weighted by Crippen LogP contribution is 2.14. The van der Waals surface area contributed by atoms with Crippen molar-refractivity contribution in [3.8, 4) is 0 Å². The molecule has 1 N–H and O–H groups in total. The number of rotatable bonds is 3. The fourth-order valence-corrected chi connectivity index (χ4v) is 1.41.